The van der Waals surface area contributed by atoms with Crippen LogP contribution in [-0.2, 0) is 0 Å². The van der Waals surface area contributed by atoms with Crippen LogP contribution in [0.1, 0.15) is 46.0 Å². The highest BCUT2D eigenvalue weighted by molar-refractivity contribution is 7.99. The Morgan fingerprint density at radius 1 is 1.50 bits per heavy atom. The molecule has 0 aromatic rings. The molecule has 1 aliphatic rings. The highest BCUT2D eigenvalue weighted by Gasteiger charge is 2.22. The lowest BCUT2D eigenvalue weighted by molar-refractivity contribution is 0.304. The van der Waals surface area contributed by atoms with Gasteiger partial charge in [0, 0.05) is 17.2 Å². The fraction of sp³-hybridized carbons (Fsp3) is 0.923. The first-order valence-electron chi connectivity index (χ1n) is 6.86. The van der Waals surface area contributed by atoms with Gasteiger partial charge in [-0.3, -0.25) is 0 Å². The van der Waals surface area contributed by atoms with Gasteiger partial charge < -0.3 is 16.3 Å². The lowest BCUT2D eigenvalue weighted by Crippen LogP contribution is -2.33. The van der Waals surface area contributed by atoms with Crippen LogP contribution in [0.15, 0.2) is 5.16 Å². The number of hydrogen-bond donors (Lipinski definition) is 3. The molecule has 0 saturated carbocycles. The van der Waals surface area contributed by atoms with E-state index in [9.17, 15) is 0 Å². The van der Waals surface area contributed by atoms with Gasteiger partial charge >= 0.3 is 0 Å². The molecule has 0 amide bonds. The Balaban J connectivity index is 2.07. The first-order chi connectivity index (χ1) is 8.56. The second-order valence-electron chi connectivity index (χ2n) is 5.67. The highest BCUT2D eigenvalue weighted by Crippen LogP contribution is 2.24. The van der Waals surface area contributed by atoms with Crippen molar-refractivity contribution in [3.8, 4) is 0 Å². The summed E-state index contributed by atoms with van der Waals surface area (Å²) in [5.41, 5.74) is 5.45. The Morgan fingerprint density at radius 3 is 2.89 bits per heavy atom. The van der Waals surface area contributed by atoms with Gasteiger partial charge in [0.25, 0.3) is 0 Å². The van der Waals surface area contributed by atoms with E-state index in [1.807, 2.05) is 13.8 Å². The molecule has 1 fully saturated rings. The molecule has 1 saturated heterocycles. The highest BCUT2D eigenvalue weighted by atomic mass is 32.2. The second kappa shape index (κ2) is 7.89. The standard InChI is InChI=1S/C13H27N3OS/c1-13(2,12(14)16-17)7-5-8-15-10-11-6-3-4-9-18-11/h11,15,17H,3-10H2,1-2H3,(H2,14,16). The van der Waals surface area contributed by atoms with Crippen LogP contribution in [0.4, 0.5) is 0 Å². The van der Waals surface area contributed by atoms with Crippen molar-refractivity contribution in [2.45, 2.75) is 51.2 Å². The van der Waals surface area contributed by atoms with Crippen LogP contribution >= 0.6 is 11.8 Å². The fourth-order valence-electron chi connectivity index (χ4n) is 2.15. The monoisotopic (exact) mass is 273 g/mol. The third-order valence-corrected chi connectivity index (χ3v) is 5.00. The van der Waals surface area contributed by atoms with E-state index in [-0.39, 0.29) is 5.41 Å². The molecule has 0 aliphatic carbocycles. The second-order valence-corrected chi connectivity index (χ2v) is 7.07. The van der Waals surface area contributed by atoms with Gasteiger partial charge in [-0.05, 0) is 38.0 Å². The van der Waals surface area contributed by atoms with Crippen LogP contribution < -0.4 is 11.1 Å². The first kappa shape index (κ1) is 15.6. The molecule has 0 aromatic heterocycles. The van der Waals surface area contributed by atoms with Gasteiger partial charge in [-0.2, -0.15) is 11.8 Å². The average Bonchev–Trinajstić information content (AvgIpc) is 2.38. The number of thioether (sulfide) groups is 1. The van der Waals surface area contributed by atoms with Gasteiger partial charge in [-0.25, -0.2) is 0 Å². The Labute approximate surface area is 115 Å². The summed E-state index contributed by atoms with van der Waals surface area (Å²) in [6.45, 7) is 6.16. The lowest BCUT2D eigenvalue weighted by Gasteiger charge is -2.24. The molecule has 1 aliphatic heterocycles. The Morgan fingerprint density at radius 2 is 2.28 bits per heavy atom. The van der Waals surface area contributed by atoms with Crippen molar-refractivity contribution in [1.82, 2.24) is 5.32 Å². The molecular formula is C13H27N3OS. The number of amidine groups is 1. The van der Waals surface area contributed by atoms with Crippen LogP contribution in [-0.4, -0.2) is 35.1 Å². The van der Waals surface area contributed by atoms with Crippen LogP contribution in [0.3, 0.4) is 0 Å². The van der Waals surface area contributed by atoms with Crippen LogP contribution in [0, 0.1) is 5.41 Å². The average molecular weight is 273 g/mol. The molecule has 1 rings (SSSR count). The predicted octanol–water partition coefficient (Wildman–Crippen LogP) is 2.41. The maximum absolute atomic E-state index is 8.69. The molecule has 4 nitrogen and oxygen atoms in total. The van der Waals surface area contributed by atoms with Crippen LogP contribution in [0.25, 0.3) is 0 Å². The Kier molecular flexibility index (Phi) is 6.86. The SMILES string of the molecule is CC(C)(CCCNCC1CCCCS1)C(N)=NO. The fourth-order valence-corrected chi connectivity index (χ4v) is 3.42. The van der Waals surface area contributed by atoms with Gasteiger partial charge in [-0.1, -0.05) is 25.4 Å². The summed E-state index contributed by atoms with van der Waals surface area (Å²) in [6, 6.07) is 0. The maximum atomic E-state index is 8.69. The summed E-state index contributed by atoms with van der Waals surface area (Å²) in [7, 11) is 0. The minimum atomic E-state index is -0.212. The normalized spacial score (nSPS) is 22.1. The van der Waals surface area contributed by atoms with E-state index >= 15 is 0 Å². The summed E-state index contributed by atoms with van der Waals surface area (Å²) < 4.78 is 0. The van der Waals surface area contributed by atoms with Crippen LogP contribution in [0.2, 0.25) is 0 Å². The third kappa shape index (κ3) is 5.48. The van der Waals surface area contributed by atoms with Gasteiger partial charge in [-0.15, -0.1) is 0 Å². The Bertz CT molecular complexity index is 263. The summed E-state index contributed by atoms with van der Waals surface area (Å²) in [5.74, 6) is 1.65. The number of hydrogen-bond acceptors (Lipinski definition) is 4. The van der Waals surface area contributed by atoms with Crippen molar-refractivity contribution in [1.29, 1.82) is 0 Å². The molecule has 18 heavy (non-hydrogen) atoms. The molecule has 4 N–H and O–H groups in total. The van der Waals surface area contributed by atoms with E-state index < -0.39 is 0 Å². The lowest BCUT2D eigenvalue weighted by atomic mass is 9.86. The summed E-state index contributed by atoms with van der Waals surface area (Å²) >= 11 is 2.10. The minimum absolute atomic E-state index is 0.212. The zero-order valence-electron chi connectivity index (χ0n) is 11.6. The molecule has 0 bridgehead atoms. The molecule has 0 radical (unpaired) electrons. The molecule has 1 atom stereocenters. The van der Waals surface area contributed by atoms with Crippen molar-refractivity contribution in [2.75, 3.05) is 18.8 Å². The van der Waals surface area contributed by atoms with Gasteiger partial charge in [0.05, 0.1) is 0 Å². The number of rotatable bonds is 7. The maximum Gasteiger partial charge on any atom is 0.144 e. The van der Waals surface area contributed by atoms with Crippen molar-refractivity contribution < 1.29 is 5.21 Å². The van der Waals surface area contributed by atoms with E-state index in [4.69, 9.17) is 10.9 Å². The van der Waals surface area contributed by atoms with E-state index in [1.54, 1.807) is 0 Å². The van der Waals surface area contributed by atoms with Crippen molar-refractivity contribution in [3.63, 3.8) is 0 Å². The number of nitrogens with zero attached hydrogens (tertiary/aromatic N) is 1. The van der Waals surface area contributed by atoms with Crippen molar-refractivity contribution in [3.05, 3.63) is 0 Å². The largest absolute Gasteiger partial charge is 0.409 e. The van der Waals surface area contributed by atoms with Gasteiger partial charge in [0.15, 0.2) is 0 Å². The zero-order chi connectivity index (χ0) is 13.4. The summed E-state index contributed by atoms with van der Waals surface area (Å²) in [4.78, 5) is 0. The topological polar surface area (TPSA) is 70.6 Å². The molecular weight excluding hydrogens is 246 g/mol. The smallest absolute Gasteiger partial charge is 0.144 e. The summed E-state index contributed by atoms with van der Waals surface area (Å²) in [6.07, 6.45) is 6.12. The molecule has 0 spiro atoms. The zero-order valence-corrected chi connectivity index (χ0v) is 12.4. The molecule has 1 heterocycles. The quantitative estimate of drug-likeness (QED) is 0.219. The van der Waals surface area contributed by atoms with E-state index in [2.05, 4.69) is 22.2 Å². The van der Waals surface area contributed by atoms with E-state index in [1.165, 1.54) is 25.0 Å². The van der Waals surface area contributed by atoms with Crippen LogP contribution in [0.5, 0.6) is 0 Å². The van der Waals surface area contributed by atoms with Crippen molar-refractivity contribution in [2.24, 2.45) is 16.3 Å². The predicted molar refractivity (Wildman–Crippen MR) is 79.4 cm³/mol. The third-order valence-electron chi connectivity index (χ3n) is 3.60. The van der Waals surface area contributed by atoms with E-state index in [0.717, 1.165) is 31.2 Å². The number of nitrogens with one attached hydrogen (secondary N) is 1. The van der Waals surface area contributed by atoms with E-state index in [0.29, 0.717) is 5.84 Å². The van der Waals surface area contributed by atoms with Crippen molar-refractivity contribution >= 4 is 17.6 Å². The number of oxime groups is 1. The molecule has 5 heteroatoms. The van der Waals surface area contributed by atoms with Gasteiger partial charge in [0.1, 0.15) is 5.84 Å². The molecule has 0 aromatic carbocycles. The molecule has 1 unspecified atom stereocenters. The summed E-state index contributed by atoms with van der Waals surface area (Å²) in [5, 5.41) is 16.1. The minimum Gasteiger partial charge on any atom is -0.409 e. The number of nitrogens with two attached hydrogens (primary N) is 1. The first-order valence-corrected chi connectivity index (χ1v) is 7.91. The van der Waals surface area contributed by atoms with Gasteiger partial charge in [0.2, 0.25) is 0 Å². The molecule has 106 valence electrons. The Hall–Kier alpha value is -0.420.